The molecule has 11 heteroatoms. The first-order valence-corrected chi connectivity index (χ1v) is 12.2. The third-order valence-electron chi connectivity index (χ3n) is 6.40. The molecule has 0 radical (unpaired) electrons. The first-order chi connectivity index (χ1) is 17.0. The molecule has 7 nitrogen and oxygen atoms in total. The highest BCUT2D eigenvalue weighted by molar-refractivity contribution is 6.34. The predicted molar refractivity (Wildman–Crippen MR) is 136 cm³/mol. The first kappa shape index (κ1) is 26.2. The fourth-order valence-electron chi connectivity index (χ4n) is 4.62. The summed E-state index contributed by atoms with van der Waals surface area (Å²) in [6.45, 7) is 6.78. The van der Waals surface area contributed by atoms with Crippen molar-refractivity contribution in [3.8, 4) is 16.9 Å². The number of aromatic nitrogens is 2. The highest BCUT2D eigenvalue weighted by Gasteiger charge is 2.39. The van der Waals surface area contributed by atoms with Crippen molar-refractivity contribution in [2.75, 3.05) is 31.6 Å². The van der Waals surface area contributed by atoms with Crippen molar-refractivity contribution < 1.29 is 23.4 Å². The molecule has 4 rings (SSSR count). The van der Waals surface area contributed by atoms with Crippen LogP contribution in [0.3, 0.4) is 0 Å². The van der Waals surface area contributed by atoms with Gasteiger partial charge in [-0.25, -0.2) is 23.5 Å². The largest absolute Gasteiger partial charge is 0.496 e. The Morgan fingerprint density at radius 1 is 1.22 bits per heavy atom. The molecule has 3 aromatic rings. The summed E-state index contributed by atoms with van der Waals surface area (Å²) in [5.41, 5.74) is -0.715. The van der Waals surface area contributed by atoms with E-state index in [2.05, 4.69) is 9.97 Å². The maximum Gasteiger partial charge on any atom is 0.407 e. The van der Waals surface area contributed by atoms with Crippen molar-refractivity contribution in [3.63, 3.8) is 0 Å². The molecule has 1 aliphatic heterocycles. The monoisotopic (exact) mass is 538 g/mol. The summed E-state index contributed by atoms with van der Waals surface area (Å²) < 4.78 is 36.2. The van der Waals surface area contributed by atoms with Gasteiger partial charge < -0.3 is 19.6 Å². The zero-order valence-corrected chi connectivity index (χ0v) is 21.8. The van der Waals surface area contributed by atoms with Crippen LogP contribution in [0.2, 0.25) is 5.02 Å². The normalized spacial score (nSPS) is 16.5. The molecule has 0 spiro atoms. The highest BCUT2D eigenvalue weighted by Crippen LogP contribution is 2.43. The number of hydrogen-bond acceptors (Lipinski definition) is 5. The molecule has 36 heavy (non-hydrogen) atoms. The summed E-state index contributed by atoms with van der Waals surface area (Å²) in [5, 5.41) is 10.00. The number of nitrogens with zero attached hydrogens (tertiary/aromatic N) is 4. The molecule has 1 amide bonds. The van der Waals surface area contributed by atoms with Gasteiger partial charge in [0.2, 0.25) is 0 Å². The van der Waals surface area contributed by atoms with Crippen molar-refractivity contribution in [2.24, 2.45) is 5.41 Å². The third-order valence-corrected chi connectivity index (χ3v) is 6.94. The predicted octanol–water partition coefficient (Wildman–Crippen LogP) is 6.19. The molecule has 0 bridgehead atoms. The number of carbonyl (C=O) groups is 1. The van der Waals surface area contributed by atoms with Gasteiger partial charge in [0.15, 0.2) is 5.82 Å². The highest BCUT2D eigenvalue weighted by atomic mass is 35.5. The molecule has 0 saturated carbocycles. The smallest absolute Gasteiger partial charge is 0.407 e. The van der Waals surface area contributed by atoms with Crippen molar-refractivity contribution in [1.29, 1.82) is 0 Å². The molecule has 1 atom stereocenters. The SMILES string of the molecule is COc1cccc(F)c1-c1c(Cl)cc2c(N3CCN(C(=O)O)C(C(C)(C)C)C3)nc(CCl)nc2c1F. The number of hydrogen-bond donors (Lipinski definition) is 1. The number of ether oxygens (including phenoxy) is 1. The maximum atomic E-state index is 16.1. The number of carboxylic acid groups (broad SMARTS) is 1. The van der Waals surface area contributed by atoms with Crippen LogP contribution < -0.4 is 9.64 Å². The Kier molecular flexibility index (Phi) is 7.16. The minimum atomic E-state index is -0.999. The van der Waals surface area contributed by atoms with E-state index >= 15 is 4.39 Å². The summed E-state index contributed by atoms with van der Waals surface area (Å²) >= 11 is 12.6. The second-order valence-electron chi connectivity index (χ2n) is 9.66. The van der Waals surface area contributed by atoms with Crippen LogP contribution in [0.4, 0.5) is 19.4 Å². The molecule has 1 N–H and O–H groups in total. The number of benzene rings is 2. The van der Waals surface area contributed by atoms with E-state index in [1.165, 1.54) is 36.3 Å². The Labute approximate surface area is 217 Å². The number of halogens is 4. The molecule has 2 heterocycles. The number of alkyl halides is 1. The lowest BCUT2D eigenvalue weighted by molar-refractivity contribution is 0.0747. The van der Waals surface area contributed by atoms with Gasteiger partial charge in [-0.3, -0.25) is 0 Å². The summed E-state index contributed by atoms with van der Waals surface area (Å²) in [6.07, 6.45) is -0.999. The quantitative estimate of drug-likeness (QED) is 0.399. The summed E-state index contributed by atoms with van der Waals surface area (Å²) in [5.74, 6) is -0.907. The van der Waals surface area contributed by atoms with Gasteiger partial charge in [-0.2, -0.15) is 0 Å². The van der Waals surface area contributed by atoms with Crippen LogP contribution in [-0.2, 0) is 5.88 Å². The Balaban J connectivity index is 1.92. The second-order valence-corrected chi connectivity index (χ2v) is 10.3. The van der Waals surface area contributed by atoms with Gasteiger partial charge in [-0.05, 0) is 23.6 Å². The number of amides is 1. The van der Waals surface area contributed by atoms with Crippen LogP contribution in [-0.4, -0.2) is 58.9 Å². The Morgan fingerprint density at radius 2 is 1.94 bits per heavy atom. The van der Waals surface area contributed by atoms with Crippen LogP contribution in [0.5, 0.6) is 5.75 Å². The van der Waals surface area contributed by atoms with E-state index < -0.39 is 17.7 Å². The number of methoxy groups -OCH3 is 1. The van der Waals surface area contributed by atoms with E-state index in [1.54, 1.807) is 0 Å². The number of fused-ring (bicyclic) bond motifs is 1. The van der Waals surface area contributed by atoms with E-state index in [1.807, 2.05) is 25.7 Å². The van der Waals surface area contributed by atoms with Crippen molar-refractivity contribution in [3.05, 3.63) is 46.7 Å². The first-order valence-electron chi connectivity index (χ1n) is 11.3. The Bertz CT molecular complexity index is 1330. The summed E-state index contributed by atoms with van der Waals surface area (Å²) in [6, 6.07) is 5.32. The van der Waals surface area contributed by atoms with Crippen LogP contribution in [0, 0.1) is 17.0 Å². The standard InChI is InChI=1S/C25H26Cl2F2N4O3/c1-25(2,3)17-12-32(8-9-33(17)24(34)35)23-13-10-14(27)19(20-15(28)6-5-7-16(20)36-4)21(29)22(13)30-18(11-26)31-23/h5-7,10,17H,8-9,11-12H2,1-4H3,(H,34,35). The van der Waals surface area contributed by atoms with Gasteiger partial charge in [0, 0.05) is 30.6 Å². The molecular formula is C25H26Cl2F2N4O3. The fraction of sp³-hybridized carbons (Fsp3) is 0.400. The van der Waals surface area contributed by atoms with E-state index in [0.29, 0.717) is 24.3 Å². The molecule has 1 unspecified atom stereocenters. The summed E-state index contributed by atoms with van der Waals surface area (Å²) in [4.78, 5) is 24.0. The zero-order valence-electron chi connectivity index (χ0n) is 20.3. The zero-order chi connectivity index (χ0) is 26.4. The molecule has 1 aliphatic rings. The van der Waals surface area contributed by atoms with Gasteiger partial charge in [0.05, 0.1) is 29.6 Å². The third kappa shape index (κ3) is 4.62. The van der Waals surface area contributed by atoms with Crippen molar-refractivity contribution >= 4 is 46.0 Å². The van der Waals surface area contributed by atoms with Crippen molar-refractivity contribution in [2.45, 2.75) is 32.7 Å². The molecule has 192 valence electrons. The fourth-order valence-corrected chi connectivity index (χ4v) is 5.02. The van der Waals surface area contributed by atoms with E-state index in [-0.39, 0.29) is 57.1 Å². The lowest BCUT2D eigenvalue weighted by Crippen LogP contribution is -2.59. The van der Waals surface area contributed by atoms with Gasteiger partial charge in [0.1, 0.15) is 28.7 Å². The molecule has 1 saturated heterocycles. The summed E-state index contributed by atoms with van der Waals surface area (Å²) in [7, 11) is 1.36. The maximum absolute atomic E-state index is 16.1. The average Bonchev–Trinajstić information content (AvgIpc) is 2.83. The minimum Gasteiger partial charge on any atom is -0.496 e. The molecule has 1 fully saturated rings. The second kappa shape index (κ2) is 9.86. The molecule has 0 aliphatic carbocycles. The number of rotatable bonds is 4. The van der Waals surface area contributed by atoms with Crippen LogP contribution in [0.25, 0.3) is 22.0 Å². The Hall–Kier alpha value is -2.91. The lowest BCUT2D eigenvalue weighted by atomic mass is 9.84. The number of piperazine rings is 1. The van der Waals surface area contributed by atoms with Crippen LogP contribution >= 0.6 is 23.2 Å². The van der Waals surface area contributed by atoms with Crippen LogP contribution in [0.1, 0.15) is 26.6 Å². The van der Waals surface area contributed by atoms with Crippen LogP contribution in [0.15, 0.2) is 24.3 Å². The molecule has 1 aromatic heterocycles. The van der Waals surface area contributed by atoms with Gasteiger partial charge in [-0.1, -0.05) is 38.4 Å². The van der Waals surface area contributed by atoms with Gasteiger partial charge in [-0.15, -0.1) is 11.6 Å². The topological polar surface area (TPSA) is 78.8 Å². The van der Waals surface area contributed by atoms with Gasteiger partial charge in [0.25, 0.3) is 0 Å². The Morgan fingerprint density at radius 3 is 2.56 bits per heavy atom. The number of anilines is 1. The van der Waals surface area contributed by atoms with E-state index in [4.69, 9.17) is 27.9 Å². The van der Waals surface area contributed by atoms with Crippen molar-refractivity contribution in [1.82, 2.24) is 14.9 Å². The lowest BCUT2D eigenvalue weighted by Gasteiger charge is -2.46. The van der Waals surface area contributed by atoms with Gasteiger partial charge >= 0.3 is 6.09 Å². The molecular weight excluding hydrogens is 513 g/mol. The molecule has 2 aromatic carbocycles. The average molecular weight is 539 g/mol. The van der Waals surface area contributed by atoms with E-state index in [0.717, 1.165) is 0 Å². The van der Waals surface area contributed by atoms with E-state index in [9.17, 15) is 14.3 Å². The minimum absolute atomic E-state index is 0.0385.